The molecule has 0 spiro atoms. The molecule has 0 aromatic carbocycles. The second-order valence-corrected chi connectivity index (χ2v) is 4.99. The highest BCUT2D eigenvalue weighted by molar-refractivity contribution is 5.33. The van der Waals surface area contributed by atoms with Gasteiger partial charge in [-0.05, 0) is 25.8 Å². The number of nitrogens with zero attached hydrogens (tertiary/aromatic N) is 2. The van der Waals surface area contributed by atoms with Gasteiger partial charge in [-0.2, -0.15) is 0 Å². The molecule has 1 aromatic rings. The Bertz CT molecular complexity index is 450. The van der Waals surface area contributed by atoms with E-state index in [9.17, 15) is 4.79 Å². The molecule has 2 rings (SSSR count). The predicted molar refractivity (Wildman–Crippen MR) is 76.2 cm³/mol. The maximum absolute atomic E-state index is 11.7. The average molecular weight is 265 g/mol. The van der Waals surface area contributed by atoms with E-state index in [2.05, 4.69) is 4.90 Å². The molecule has 0 amide bonds. The third-order valence-electron chi connectivity index (χ3n) is 3.60. The van der Waals surface area contributed by atoms with E-state index < -0.39 is 0 Å². The van der Waals surface area contributed by atoms with Crippen molar-refractivity contribution in [1.29, 1.82) is 0 Å². The van der Waals surface area contributed by atoms with Gasteiger partial charge in [0.1, 0.15) is 0 Å². The van der Waals surface area contributed by atoms with Crippen LogP contribution in [0.4, 0.5) is 5.69 Å². The van der Waals surface area contributed by atoms with E-state index in [1.165, 1.54) is 6.07 Å². The summed E-state index contributed by atoms with van der Waals surface area (Å²) in [6, 6.07) is 3.17. The number of likely N-dealkylation sites (tertiary alicyclic amines) is 1. The Hall–Kier alpha value is -1.33. The van der Waals surface area contributed by atoms with Crippen molar-refractivity contribution >= 4 is 5.69 Å². The monoisotopic (exact) mass is 265 g/mol. The highest BCUT2D eigenvalue weighted by Gasteiger charge is 2.18. The third-order valence-corrected chi connectivity index (χ3v) is 3.60. The second-order valence-electron chi connectivity index (χ2n) is 4.99. The number of nitrogens with two attached hydrogens (primary N) is 1. The minimum absolute atomic E-state index is 0.0124. The maximum atomic E-state index is 11.7. The van der Waals surface area contributed by atoms with Crippen molar-refractivity contribution in [2.45, 2.75) is 32.4 Å². The van der Waals surface area contributed by atoms with E-state index in [4.69, 9.17) is 10.5 Å². The molecule has 0 radical (unpaired) electrons. The molecular formula is C14H23N3O2. The second kappa shape index (κ2) is 6.73. The Morgan fingerprint density at radius 2 is 2.05 bits per heavy atom. The number of hydrogen-bond donors (Lipinski definition) is 1. The lowest BCUT2D eigenvalue weighted by molar-refractivity contribution is 0.0136. The van der Waals surface area contributed by atoms with Crippen LogP contribution in [0.25, 0.3) is 0 Å². The molecule has 106 valence electrons. The summed E-state index contributed by atoms with van der Waals surface area (Å²) < 4.78 is 7.31. The van der Waals surface area contributed by atoms with E-state index in [1.54, 1.807) is 16.8 Å². The molecule has 2 N–H and O–H groups in total. The first kappa shape index (κ1) is 14.1. The standard InChI is InChI=1S/C14H23N3O2/c1-2-19-13-5-7-16(8-6-13)9-10-17-11-12(15)3-4-14(17)18/h3-4,11,13H,2,5-10,15H2,1H3. The first-order valence-corrected chi connectivity index (χ1v) is 6.99. The van der Waals surface area contributed by atoms with Crippen molar-refractivity contribution in [1.82, 2.24) is 9.47 Å². The van der Waals surface area contributed by atoms with Crippen molar-refractivity contribution in [2.75, 3.05) is 32.0 Å². The summed E-state index contributed by atoms with van der Waals surface area (Å²) in [5.41, 5.74) is 6.34. The van der Waals surface area contributed by atoms with Crippen LogP contribution in [-0.4, -0.2) is 41.8 Å². The molecule has 0 bridgehead atoms. The number of hydrogen-bond acceptors (Lipinski definition) is 4. The van der Waals surface area contributed by atoms with E-state index in [0.717, 1.165) is 39.1 Å². The quantitative estimate of drug-likeness (QED) is 0.860. The number of ether oxygens (including phenoxy) is 1. The molecule has 5 heteroatoms. The molecule has 0 atom stereocenters. The van der Waals surface area contributed by atoms with Gasteiger partial charge in [0.25, 0.3) is 5.56 Å². The van der Waals surface area contributed by atoms with Crippen molar-refractivity contribution in [3.8, 4) is 0 Å². The third kappa shape index (κ3) is 4.08. The lowest BCUT2D eigenvalue weighted by atomic mass is 10.1. The van der Waals surface area contributed by atoms with Gasteiger partial charge in [-0.25, -0.2) is 0 Å². The van der Waals surface area contributed by atoms with Gasteiger partial charge in [-0.3, -0.25) is 4.79 Å². The van der Waals surface area contributed by atoms with Crippen molar-refractivity contribution in [2.24, 2.45) is 0 Å². The lowest BCUT2D eigenvalue weighted by Gasteiger charge is -2.31. The Kier molecular flexibility index (Phi) is 4.99. The number of aromatic nitrogens is 1. The fourth-order valence-corrected chi connectivity index (χ4v) is 2.51. The van der Waals surface area contributed by atoms with Crippen LogP contribution in [0.3, 0.4) is 0 Å². The minimum atomic E-state index is 0.0124. The van der Waals surface area contributed by atoms with Crippen molar-refractivity contribution in [3.63, 3.8) is 0 Å². The van der Waals surface area contributed by atoms with Gasteiger partial charge < -0.3 is 19.9 Å². The highest BCUT2D eigenvalue weighted by atomic mass is 16.5. The molecule has 1 saturated heterocycles. The number of pyridine rings is 1. The van der Waals surface area contributed by atoms with Crippen LogP contribution >= 0.6 is 0 Å². The Morgan fingerprint density at radius 1 is 1.32 bits per heavy atom. The van der Waals surface area contributed by atoms with Crippen molar-refractivity contribution in [3.05, 3.63) is 28.7 Å². The molecule has 0 unspecified atom stereocenters. The number of anilines is 1. The lowest BCUT2D eigenvalue weighted by Crippen LogP contribution is -2.39. The van der Waals surface area contributed by atoms with Gasteiger partial charge in [0.15, 0.2) is 0 Å². The van der Waals surface area contributed by atoms with Gasteiger partial charge in [-0.1, -0.05) is 0 Å². The molecule has 2 heterocycles. The zero-order valence-corrected chi connectivity index (χ0v) is 11.5. The van der Waals surface area contributed by atoms with Crippen LogP contribution in [0.2, 0.25) is 0 Å². The average Bonchev–Trinajstić information content (AvgIpc) is 2.42. The summed E-state index contributed by atoms with van der Waals surface area (Å²) >= 11 is 0. The molecule has 5 nitrogen and oxygen atoms in total. The fraction of sp³-hybridized carbons (Fsp3) is 0.643. The molecule has 1 aliphatic rings. The zero-order chi connectivity index (χ0) is 13.7. The normalized spacial score (nSPS) is 17.7. The Labute approximate surface area is 114 Å². The SMILES string of the molecule is CCOC1CCN(CCn2cc(N)ccc2=O)CC1. The summed E-state index contributed by atoms with van der Waals surface area (Å²) in [4.78, 5) is 14.0. The minimum Gasteiger partial charge on any atom is -0.398 e. The van der Waals surface area contributed by atoms with Gasteiger partial charge in [0.05, 0.1) is 6.10 Å². The molecular weight excluding hydrogens is 242 g/mol. The molecule has 19 heavy (non-hydrogen) atoms. The van der Waals surface area contributed by atoms with Crippen LogP contribution in [0.1, 0.15) is 19.8 Å². The van der Waals surface area contributed by atoms with Gasteiger partial charge >= 0.3 is 0 Å². The van der Waals surface area contributed by atoms with Crippen LogP contribution < -0.4 is 11.3 Å². The maximum Gasteiger partial charge on any atom is 0.250 e. The van der Waals surface area contributed by atoms with Crippen LogP contribution in [0, 0.1) is 0 Å². The van der Waals surface area contributed by atoms with Crippen LogP contribution in [0.15, 0.2) is 23.1 Å². The smallest absolute Gasteiger partial charge is 0.250 e. The first-order chi connectivity index (χ1) is 9.19. The summed E-state index contributed by atoms with van der Waals surface area (Å²) in [6.45, 7) is 6.51. The molecule has 0 saturated carbocycles. The predicted octanol–water partition coefficient (Wildman–Crippen LogP) is 0.931. The van der Waals surface area contributed by atoms with Gasteiger partial charge in [-0.15, -0.1) is 0 Å². The largest absolute Gasteiger partial charge is 0.398 e. The summed E-state index contributed by atoms with van der Waals surface area (Å²) in [5, 5.41) is 0. The van der Waals surface area contributed by atoms with Gasteiger partial charge in [0, 0.05) is 50.7 Å². The summed E-state index contributed by atoms with van der Waals surface area (Å²) in [5.74, 6) is 0. The Morgan fingerprint density at radius 3 is 2.74 bits per heavy atom. The van der Waals surface area contributed by atoms with E-state index in [0.29, 0.717) is 18.3 Å². The van der Waals surface area contributed by atoms with Gasteiger partial charge in [0.2, 0.25) is 0 Å². The zero-order valence-electron chi connectivity index (χ0n) is 11.5. The van der Waals surface area contributed by atoms with E-state index >= 15 is 0 Å². The van der Waals surface area contributed by atoms with Crippen LogP contribution in [0.5, 0.6) is 0 Å². The molecule has 0 aliphatic carbocycles. The van der Waals surface area contributed by atoms with Crippen LogP contribution in [-0.2, 0) is 11.3 Å². The Balaban J connectivity index is 1.80. The summed E-state index contributed by atoms with van der Waals surface area (Å²) in [7, 11) is 0. The highest BCUT2D eigenvalue weighted by Crippen LogP contribution is 2.13. The topological polar surface area (TPSA) is 60.5 Å². The molecule has 1 fully saturated rings. The fourth-order valence-electron chi connectivity index (χ4n) is 2.51. The van der Waals surface area contributed by atoms with E-state index in [1.807, 2.05) is 6.92 Å². The summed E-state index contributed by atoms with van der Waals surface area (Å²) in [6.07, 6.45) is 4.30. The van der Waals surface area contributed by atoms with E-state index in [-0.39, 0.29) is 5.56 Å². The number of piperidine rings is 1. The molecule has 1 aromatic heterocycles. The number of rotatable bonds is 5. The first-order valence-electron chi connectivity index (χ1n) is 6.99. The molecule has 1 aliphatic heterocycles. The number of nitrogen functional groups attached to an aromatic ring is 1. The van der Waals surface area contributed by atoms with Crippen molar-refractivity contribution < 1.29 is 4.74 Å².